The molecule has 0 bridgehead atoms. The average Bonchev–Trinajstić information content (AvgIpc) is 3.42. The third-order valence-corrected chi connectivity index (χ3v) is 5.29. The van der Waals surface area contributed by atoms with Gasteiger partial charge >= 0.3 is 6.18 Å². The molecule has 1 fully saturated rings. The predicted molar refractivity (Wildman–Crippen MR) is 100 cm³/mol. The number of pyridine rings is 1. The van der Waals surface area contributed by atoms with Gasteiger partial charge in [0.1, 0.15) is 24.0 Å². The number of hydrogen-bond acceptors (Lipinski definition) is 5. The van der Waals surface area contributed by atoms with Gasteiger partial charge in [0.25, 0.3) is 0 Å². The molecule has 6 nitrogen and oxygen atoms in total. The van der Waals surface area contributed by atoms with Crippen LogP contribution in [0.5, 0.6) is 11.6 Å². The van der Waals surface area contributed by atoms with Crippen LogP contribution in [0.3, 0.4) is 0 Å². The van der Waals surface area contributed by atoms with Gasteiger partial charge in [-0.15, -0.1) is 0 Å². The molecular formula is C19H16BrF3N4O2. The van der Waals surface area contributed by atoms with Crippen LogP contribution in [0.1, 0.15) is 24.1 Å². The van der Waals surface area contributed by atoms with Gasteiger partial charge in [0.2, 0.25) is 5.88 Å². The lowest BCUT2D eigenvalue weighted by molar-refractivity contribution is -0.145. The molecule has 1 aliphatic carbocycles. The number of benzene rings is 1. The molecule has 0 spiro atoms. The molecule has 1 aromatic carbocycles. The van der Waals surface area contributed by atoms with Crippen LogP contribution in [0.4, 0.5) is 13.2 Å². The summed E-state index contributed by atoms with van der Waals surface area (Å²) in [5.41, 5.74) is -3.21. The van der Waals surface area contributed by atoms with E-state index in [4.69, 9.17) is 4.74 Å². The molecule has 0 radical (unpaired) electrons. The van der Waals surface area contributed by atoms with E-state index in [9.17, 15) is 18.3 Å². The van der Waals surface area contributed by atoms with Crippen molar-refractivity contribution in [3.05, 3.63) is 64.8 Å². The highest BCUT2D eigenvalue weighted by molar-refractivity contribution is 9.10. The van der Waals surface area contributed by atoms with Crippen molar-refractivity contribution in [2.45, 2.75) is 31.2 Å². The molecule has 2 heterocycles. The van der Waals surface area contributed by atoms with Crippen molar-refractivity contribution in [1.29, 1.82) is 0 Å². The third-order valence-electron chi connectivity index (χ3n) is 4.76. The summed E-state index contributed by atoms with van der Waals surface area (Å²) in [6.07, 6.45) is -0.886. The van der Waals surface area contributed by atoms with E-state index in [1.807, 2.05) is 0 Å². The minimum absolute atomic E-state index is 0.144. The Morgan fingerprint density at radius 3 is 2.45 bits per heavy atom. The van der Waals surface area contributed by atoms with Crippen molar-refractivity contribution in [1.82, 2.24) is 19.7 Å². The second-order valence-corrected chi connectivity index (χ2v) is 7.81. The molecule has 3 aromatic rings. The standard InChI is InChI=1S/C19H16BrF3N4O2/c20-13-3-5-14(6-4-13)29-16-8-7-15(17(26-16)19(21,22)23)18(28,12-1-2-12)9-27-11-24-10-25-27/h3-8,10-12,28H,1-2,9H2/t18-/m0/s1. The summed E-state index contributed by atoms with van der Waals surface area (Å²) in [4.78, 5) is 7.50. The molecule has 0 aliphatic heterocycles. The number of aromatic nitrogens is 4. The van der Waals surface area contributed by atoms with Gasteiger partial charge in [-0.3, -0.25) is 0 Å². The van der Waals surface area contributed by atoms with E-state index in [1.54, 1.807) is 24.3 Å². The monoisotopic (exact) mass is 468 g/mol. The summed E-state index contributed by atoms with van der Waals surface area (Å²) >= 11 is 3.28. The van der Waals surface area contributed by atoms with Gasteiger partial charge in [0.15, 0.2) is 5.69 Å². The molecule has 1 saturated carbocycles. The van der Waals surface area contributed by atoms with Crippen LogP contribution in [0.2, 0.25) is 0 Å². The first-order chi connectivity index (χ1) is 13.8. The molecule has 10 heteroatoms. The first-order valence-corrected chi connectivity index (χ1v) is 9.62. The molecule has 4 rings (SSSR count). The van der Waals surface area contributed by atoms with E-state index in [1.165, 1.54) is 29.5 Å². The number of alkyl halides is 3. The maximum absolute atomic E-state index is 13.8. The average molecular weight is 469 g/mol. The number of ether oxygens (including phenoxy) is 1. The van der Waals surface area contributed by atoms with E-state index < -0.39 is 17.5 Å². The van der Waals surface area contributed by atoms with E-state index in [0.29, 0.717) is 18.6 Å². The number of rotatable bonds is 6. The fourth-order valence-electron chi connectivity index (χ4n) is 3.24. The highest BCUT2D eigenvalue weighted by Crippen LogP contribution is 2.49. The van der Waals surface area contributed by atoms with Crippen LogP contribution in [-0.2, 0) is 18.3 Å². The minimum Gasteiger partial charge on any atom is -0.439 e. The zero-order chi connectivity index (χ0) is 20.6. The van der Waals surface area contributed by atoms with Crippen LogP contribution in [0.25, 0.3) is 0 Å². The van der Waals surface area contributed by atoms with Crippen molar-refractivity contribution in [3.8, 4) is 11.6 Å². The van der Waals surface area contributed by atoms with Crippen molar-refractivity contribution in [2.24, 2.45) is 5.92 Å². The van der Waals surface area contributed by atoms with Gasteiger partial charge in [-0.1, -0.05) is 15.9 Å². The van der Waals surface area contributed by atoms with Gasteiger partial charge < -0.3 is 9.84 Å². The lowest BCUT2D eigenvalue weighted by atomic mass is 9.87. The highest BCUT2D eigenvalue weighted by atomic mass is 79.9. The first-order valence-electron chi connectivity index (χ1n) is 8.82. The highest BCUT2D eigenvalue weighted by Gasteiger charge is 2.50. The molecular weight excluding hydrogens is 453 g/mol. The van der Waals surface area contributed by atoms with Crippen LogP contribution in [0.15, 0.2) is 53.5 Å². The maximum Gasteiger partial charge on any atom is 0.433 e. The van der Waals surface area contributed by atoms with Crippen molar-refractivity contribution < 1.29 is 23.0 Å². The van der Waals surface area contributed by atoms with Crippen LogP contribution < -0.4 is 4.74 Å². The Morgan fingerprint density at radius 1 is 1.14 bits per heavy atom. The largest absolute Gasteiger partial charge is 0.439 e. The number of halogens is 4. The molecule has 0 amide bonds. The number of nitrogens with zero attached hydrogens (tertiary/aromatic N) is 4. The summed E-state index contributed by atoms with van der Waals surface area (Å²) in [5.74, 6) is -0.170. The summed E-state index contributed by atoms with van der Waals surface area (Å²) < 4.78 is 49.1. The van der Waals surface area contributed by atoms with Gasteiger partial charge in [-0.05, 0) is 49.1 Å². The molecule has 0 unspecified atom stereocenters. The number of aliphatic hydroxyl groups is 1. The second-order valence-electron chi connectivity index (χ2n) is 6.89. The maximum atomic E-state index is 13.8. The van der Waals surface area contributed by atoms with Crippen LogP contribution in [0, 0.1) is 5.92 Å². The Labute approximate surface area is 172 Å². The summed E-state index contributed by atoms with van der Waals surface area (Å²) in [7, 11) is 0. The van der Waals surface area contributed by atoms with E-state index >= 15 is 0 Å². The van der Waals surface area contributed by atoms with Gasteiger partial charge in [0.05, 0.1) is 6.54 Å². The molecule has 2 aromatic heterocycles. The van der Waals surface area contributed by atoms with Crippen molar-refractivity contribution >= 4 is 15.9 Å². The normalized spacial score (nSPS) is 16.4. The first kappa shape index (κ1) is 19.8. The zero-order valence-corrected chi connectivity index (χ0v) is 16.6. The Kier molecular flexibility index (Phi) is 5.07. The minimum atomic E-state index is -4.76. The van der Waals surface area contributed by atoms with Crippen molar-refractivity contribution in [3.63, 3.8) is 0 Å². The molecule has 29 heavy (non-hydrogen) atoms. The fourth-order valence-corrected chi connectivity index (χ4v) is 3.51. The van der Waals surface area contributed by atoms with E-state index in [2.05, 4.69) is 31.0 Å². The van der Waals surface area contributed by atoms with Crippen LogP contribution >= 0.6 is 15.9 Å². The summed E-state index contributed by atoms with van der Waals surface area (Å²) in [5, 5.41) is 15.2. The van der Waals surface area contributed by atoms with Gasteiger partial charge in [-0.25, -0.2) is 14.6 Å². The van der Waals surface area contributed by atoms with Crippen molar-refractivity contribution in [2.75, 3.05) is 0 Å². The summed E-state index contributed by atoms with van der Waals surface area (Å²) in [6.45, 7) is -0.144. The Balaban J connectivity index is 1.73. The summed E-state index contributed by atoms with van der Waals surface area (Å²) in [6, 6.07) is 9.20. The van der Waals surface area contributed by atoms with Gasteiger partial charge in [0, 0.05) is 16.1 Å². The Morgan fingerprint density at radius 2 is 1.86 bits per heavy atom. The topological polar surface area (TPSA) is 73.1 Å². The van der Waals surface area contributed by atoms with Gasteiger partial charge in [-0.2, -0.15) is 18.3 Å². The SMILES string of the molecule is O[C@](Cn1cncn1)(c1ccc(Oc2ccc(Br)cc2)nc1C(F)(F)F)C1CC1. The molecule has 0 saturated heterocycles. The zero-order valence-electron chi connectivity index (χ0n) is 15.0. The number of hydrogen-bond donors (Lipinski definition) is 1. The predicted octanol–water partition coefficient (Wildman–Crippen LogP) is 4.54. The molecule has 1 N–H and O–H groups in total. The van der Waals surface area contributed by atoms with E-state index in [0.717, 1.165) is 4.47 Å². The molecule has 1 atom stereocenters. The Bertz CT molecular complexity index is 992. The van der Waals surface area contributed by atoms with E-state index in [-0.39, 0.29) is 23.9 Å². The lowest BCUT2D eigenvalue weighted by Gasteiger charge is -2.30. The van der Waals surface area contributed by atoms with Crippen LogP contribution in [-0.4, -0.2) is 24.9 Å². The molecule has 1 aliphatic rings. The lowest BCUT2D eigenvalue weighted by Crippen LogP contribution is -2.36. The molecule has 152 valence electrons. The second kappa shape index (κ2) is 7.42. The quantitative estimate of drug-likeness (QED) is 0.574. The smallest absolute Gasteiger partial charge is 0.433 e. The fraction of sp³-hybridized carbons (Fsp3) is 0.316. The Hall–Kier alpha value is -2.46. The third kappa shape index (κ3) is 4.27.